The summed E-state index contributed by atoms with van der Waals surface area (Å²) in [5.41, 5.74) is 1.14. The fourth-order valence-electron chi connectivity index (χ4n) is 2.05. The van der Waals surface area contributed by atoms with Crippen molar-refractivity contribution in [2.75, 3.05) is 13.2 Å². The van der Waals surface area contributed by atoms with Gasteiger partial charge in [-0.3, -0.25) is 0 Å². The van der Waals surface area contributed by atoms with Crippen molar-refractivity contribution in [3.8, 4) is 5.75 Å². The fourth-order valence-corrected chi connectivity index (χ4v) is 2.05. The number of benzene rings is 1. The summed E-state index contributed by atoms with van der Waals surface area (Å²) in [6.07, 6.45) is 1.67. The largest absolute Gasteiger partial charge is 0.493 e. The molecule has 25 heavy (non-hydrogen) atoms. The van der Waals surface area contributed by atoms with Gasteiger partial charge in [-0.2, -0.15) is 0 Å². The standard InChI is InChI=1S/C19H27N3O2.HI/c1-4-20-19(22-13-18-6-5-11-23-18)21-12-16-7-9-17(10-8-16)24-14-15(2)3;/h5-11,15H,4,12-14H2,1-3H3,(H2,20,21,22);1H. The van der Waals surface area contributed by atoms with Crippen LogP contribution in [0, 0.1) is 5.92 Å². The molecule has 2 N–H and O–H groups in total. The van der Waals surface area contributed by atoms with Crippen LogP contribution < -0.4 is 15.4 Å². The van der Waals surface area contributed by atoms with E-state index in [-0.39, 0.29) is 24.0 Å². The normalized spacial score (nSPS) is 11.1. The zero-order valence-corrected chi connectivity index (χ0v) is 17.4. The van der Waals surface area contributed by atoms with Crippen LogP contribution in [0.15, 0.2) is 52.1 Å². The minimum Gasteiger partial charge on any atom is -0.493 e. The van der Waals surface area contributed by atoms with Crippen molar-refractivity contribution in [3.05, 3.63) is 54.0 Å². The van der Waals surface area contributed by atoms with Gasteiger partial charge < -0.3 is 19.8 Å². The molecular formula is C19H28IN3O2. The van der Waals surface area contributed by atoms with Crippen LogP contribution >= 0.6 is 24.0 Å². The molecule has 5 nitrogen and oxygen atoms in total. The van der Waals surface area contributed by atoms with Crippen LogP contribution in [-0.4, -0.2) is 19.1 Å². The van der Waals surface area contributed by atoms with Crippen LogP contribution in [0.2, 0.25) is 0 Å². The molecule has 0 amide bonds. The van der Waals surface area contributed by atoms with E-state index in [0.717, 1.165) is 36.2 Å². The quantitative estimate of drug-likeness (QED) is 0.355. The Bertz CT molecular complexity index is 610. The lowest BCUT2D eigenvalue weighted by Crippen LogP contribution is -2.36. The van der Waals surface area contributed by atoms with Gasteiger partial charge in [-0.25, -0.2) is 4.99 Å². The van der Waals surface area contributed by atoms with Crippen molar-refractivity contribution in [2.45, 2.75) is 33.9 Å². The molecule has 0 atom stereocenters. The van der Waals surface area contributed by atoms with Gasteiger partial charge in [-0.05, 0) is 42.7 Å². The maximum absolute atomic E-state index is 5.70. The Balaban J connectivity index is 0.00000312. The van der Waals surface area contributed by atoms with Crippen molar-refractivity contribution in [2.24, 2.45) is 10.9 Å². The Morgan fingerprint density at radius 2 is 1.92 bits per heavy atom. The number of hydrogen-bond acceptors (Lipinski definition) is 3. The van der Waals surface area contributed by atoms with Gasteiger partial charge in [0.05, 0.1) is 26.0 Å². The summed E-state index contributed by atoms with van der Waals surface area (Å²) in [5, 5.41) is 6.49. The molecule has 0 aliphatic carbocycles. The van der Waals surface area contributed by atoms with Crippen LogP contribution in [0.4, 0.5) is 0 Å². The summed E-state index contributed by atoms with van der Waals surface area (Å²) in [4.78, 5) is 4.60. The number of halogens is 1. The third kappa shape index (κ3) is 8.29. The number of aliphatic imine (C=N–C) groups is 1. The lowest BCUT2D eigenvalue weighted by Gasteiger charge is -2.11. The molecule has 0 saturated carbocycles. The van der Waals surface area contributed by atoms with Crippen molar-refractivity contribution in [1.29, 1.82) is 0 Å². The molecular weight excluding hydrogens is 429 g/mol. The Hall–Kier alpha value is -1.70. The summed E-state index contributed by atoms with van der Waals surface area (Å²) in [6, 6.07) is 11.9. The van der Waals surface area contributed by atoms with E-state index in [9.17, 15) is 0 Å². The summed E-state index contributed by atoms with van der Waals surface area (Å²) in [7, 11) is 0. The first-order valence-corrected chi connectivity index (χ1v) is 8.43. The fraction of sp³-hybridized carbons (Fsp3) is 0.421. The van der Waals surface area contributed by atoms with Gasteiger partial charge >= 0.3 is 0 Å². The summed E-state index contributed by atoms with van der Waals surface area (Å²) >= 11 is 0. The van der Waals surface area contributed by atoms with E-state index in [1.165, 1.54) is 0 Å². The second-order valence-electron chi connectivity index (χ2n) is 5.98. The molecule has 138 valence electrons. The molecule has 0 saturated heterocycles. The average molecular weight is 457 g/mol. The molecule has 0 aliphatic rings. The summed E-state index contributed by atoms with van der Waals surface area (Å²) in [6.45, 7) is 9.09. The Kier molecular flexibility index (Phi) is 10.1. The number of hydrogen-bond donors (Lipinski definition) is 2. The minimum absolute atomic E-state index is 0. The number of nitrogens with one attached hydrogen (secondary N) is 2. The second-order valence-corrected chi connectivity index (χ2v) is 5.98. The van der Waals surface area contributed by atoms with Gasteiger partial charge in [0.25, 0.3) is 0 Å². The highest BCUT2D eigenvalue weighted by atomic mass is 127. The van der Waals surface area contributed by atoms with E-state index in [0.29, 0.717) is 19.0 Å². The maximum Gasteiger partial charge on any atom is 0.191 e. The topological polar surface area (TPSA) is 58.8 Å². The first-order valence-electron chi connectivity index (χ1n) is 8.43. The molecule has 2 rings (SSSR count). The molecule has 0 unspecified atom stereocenters. The molecule has 6 heteroatoms. The lowest BCUT2D eigenvalue weighted by atomic mass is 10.2. The molecule has 2 aromatic rings. The third-order valence-electron chi connectivity index (χ3n) is 3.28. The minimum atomic E-state index is 0. The Morgan fingerprint density at radius 1 is 1.16 bits per heavy atom. The van der Waals surface area contributed by atoms with Crippen LogP contribution in [0.5, 0.6) is 5.75 Å². The van der Waals surface area contributed by atoms with Crippen LogP contribution in [0.25, 0.3) is 0 Å². The van der Waals surface area contributed by atoms with Gasteiger partial charge in [0.2, 0.25) is 0 Å². The Labute approximate surface area is 167 Å². The van der Waals surface area contributed by atoms with Crippen molar-refractivity contribution >= 4 is 29.9 Å². The van der Waals surface area contributed by atoms with Crippen molar-refractivity contribution < 1.29 is 9.15 Å². The van der Waals surface area contributed by atoms with Gasteiger partial charge in [0.1, 0.15) is 11.5 Å². The molecule has 1 aromatic heterocycles. The third-order valence-corrected chi connectivity index (χ3v) is 3.28. The van der Waals surface area contributed by atoms with Gasteiger partial charge in [-0.1, -0.05) is 26.0 Å². The number of rotatable bonds is 8. The average Bonchev–Trinajstić information content (AvgIpc) is 3.10. The first-order chi connectivity index (χ1) is 11.7. The molecule has 0 spiro atoms. The lowest BCUT2D eigenvalue weighted by molar-refractivity contribution is 0.271. The predicted molar refractivity (Wildman–Crippen MR) is 113 cm³/mol. The molecule has 1 heterocycles. The van der Waals surface area contributed by atoms with E-state index in [4.69, 9.17) is 9.15 Å². The zero-order chi connectivity index (χ0) is 17.2. The van der Waals surface area contributed by atoms with E-state index < -0.39 is 0 Å². The number of ether oxygens (including phenoxy) is 1. The molecule has 1 aromatic carbocycles. The highest BCUT2D eigenvalue weighted by molar-refractivity contribution is 14.0. The van der Waals surface area contributed by atoms with Crippen LogP contribution in [0.1, 0.15) is 32.1 Å². The zero-order valence-electron chi connectivity index (χ0n) is 15.1. The first kappa shape index (κ1) is 21.3. The van der Waals surface area contributed by atoms with E-state index in [1.807, 2.05) is 31.2 Å². The van der Waals surface area contributed by atoms with Crippen LogP contribution in [-0.2, 0) is 13.1 Å². The maximum atomic E-state index is 5.70. The molecule has 0 fully saturated rings. The van der Waals surface area contributed by atoms with E-state index in [1.54, 1.807) is 6.26 Å². The van der Waals surface area contributed by atoms with E-state index in [2.05, 4.69) is 41.6 Å². The molecule has 0 aliphatic heterocycles. The second kappa shape index (κ2) is 11.8. The van der Waals surface area contributed by atoms with Gasteiger partial charge in [0, 0.05) is 6.54 Å². The monoisotopic (exact) mass is 457 g/mol. The smallest absolute Gasteiger partial charge is 0.191 e. The SMILES string of the molecule is CCNC(=NCc1ccc(OCC(C)C)cc1)NCc1ccco1.I. The highest BCUT2D eigenvalue weighted by Crippen LogP contribution is 2.13. The summed E-state index contributed by atoms with van der Waals surface area (Å²) in [5.74, 6) is 3.08. The highest BCUT2D eigenvalue weighted by Gasteiger charge is 2.01. The Morgan fingerprint density at radius 3 is 2.52 bits per heavy atom. The molecule has 0 radical (unpaired) electrons. The molecule has 0 bridgehead atoms. The number of guanidine groups is 1. The van der Waals surface area contributed by atoms with Gasteiger partial charge in [0.15, 0.2) is 5.96 Å². The number of nitrogens with zero attached hydrogens (tertiary/aromatic N) is 1. The van der Waals surface area contributed by atoms with Gasteiger partial charge in [-0.15, -0.1) is 24.0 Å². The van der Waals surface area contributed by atoms with E-state index >= 15 is 0 Å². The van der Waals surface area contributed by atoms with Crippen molar-refractivity contribution in [1.82, 2.24) is 10.6 Å². The number of furan rings is 1. The van der Waals surface area contributed by atoms with Crippen molar-refractivity contribution in [3.63, 3.8) is 0 Å². The van der Waals surface area contributed by atoms with Crippen LogP contribution in [0.3, 0.4) is 0 Å². The predicted octanol–water partition coefficient (Wildman–Crippen LogP) is 4.19. The summed E-state index contributed by atoms with van der Waals surface area (Å²) < 4.78 is 11.0.